The quantitative estimate of drug-likeness (QED) is 0.503. The topological polar surface area (TPSA) is 0 Å². The second-order valence-electron chi connectivity index (χ2n) is 3.38. The summed E-state index contributed by atoms with van der Waals surface area (Å²) in [6, 6.07) is 0. The van der Waals surface area contributed by atoms with Gasteiger partial charge in [0.05, 0.1) is 0 Å². The van der Waals surface area contributed by atoms with Crippen molar-refractivity contribution < 1.29 is 0 Å². The molecule has 13 heavy (non-hydrogen) atoms. The average molecular weight is 178 g/mol. The van der Waals surface area contributed by atoms with E-state index >= 15 is 0 Å². The molecule has 0 N–H and O–H groups in total. The third-order valence-corrected chi connectivity index (χ3v) is 2.29. The largest absolute Gasteiger partial charge is 0.0991 e. The van der Waals surface area contributed by atoms with Crippen LogP contribution in [0.4, 0.5) is 0 Å². The average Bonchev–Trinajstić information content (AvgIpc) is 2.14. The molecule has 74 valence electrons. The van der Waals surface area contributed by atoms with Gasteiger partial charge in [-0.2, -0.15) is 0 Å². The van der Waals surface area contributed by atoms with Crippen LogP contribution in [0.1, 0.15) is 39.5 Å². The van der Waals surface area contributed by atoms with Gasteiger partial charge in [-0.3, -0.25) is 0 Å². The highest BCUT2D eigenvalue weighted by Crippen LogP contribution is 2.23. The minimum atomic E-state index is 0.686. The van der Waals surface area contributed by atoms with Crippen LogP contribution in [0, 0.1) is 5.92 Å². The van der Waals surface area contributed by atoms with Gasteiger partial charge in [-0.25, -0.2) is 0 Å². The summed E-state index contributed by atoms with van der Waals surface area (Å²) < 4.78 is 0. The molecule has 0 aliphatic rings. The molecular formula is C13H22. The molecule has 0 aromatic heterocycles. The summed E-state index contributed by atoms with van der Waals surface area (Å²) >= 11 is 0. The molecule has 0 fully saturated rings. The zero-order valence-electron chi connectivity index (χ0n) is 9.05. The summed E-state index contributed by atoms with van der Waals surface area (Å²) in [5, 5.41) is 0. The van der Waals surface area contributed by atoms with E-state index in [1.807, 2.05) is 12.2 Å². The van der Waals surface area contributed by atoms with Crippen molar-refractivity contribution in [3.05, 3.63) is 37.0 Å². The lowest BCUT2D eigenvalue weighted by Crippen LogP contribution is -2.01. The first-order valence-corrected chi connectivity index (χ1v) is 5.25. The fourth-order valence-electron chi connectivity index (χ4n) is 1.68. The van der Waals surface area contributed by atoms with Crippen molar-refractivity contribution >= 4 is 0 Å². The lowest BCUT2D eigenvalue weighted by atomic mass is 9.90. The van der Waals surface area contributed by atoms with E-state index in [1.54, 1.807) is 0 Å². The molecule has 0 rings (SSSR count). The molecule has 0 unspecified atom stereocenters. The van der Waals surface area contributed by atoms with Gasteiger partial charge in [0, 0.05) is 0 Å². The van der Waals surface area contributed by atoms with Crippen molar-refractivity contribution in [3.63, 3.8) is 0 Å². The normalized spacial score (nSPS) is 11.8. The molecular weight excluding hydrogens is 156 g/mol. The first-order chi connectivity index (χ1) is 6.29. The van der Waals surface area contributed by atoms with Crippen molar-refractivity contribution in [1.82, 2.24) is 0 Å². The Morgan fingerprint density at radius 3 is 2.00 bits per heavy atom. The SMILES string of the molecule is C=C/C=C(\C=C)C(CCC)CCC. The minimum absolute atomic E-state index is 0.686. The Morgan fingerprint density at radius 2 is 1.69 bits per heavy atom. The highest BCUT2D eigenvalue weighted by molar-refractivity contribution is 5.23. The molecule has 0 radical (unpaired) electrons. The zero-order chi connectivity index (χ0) is 10.1. The highest BCUT2D eigenvalue weighted by atomic mass is 14.1. The first kappa shape index (κ1) is 12.2. The molecule has 0 saturated heterocycles. The van der Waals surface area contributed by atoms with Crippen LogP contribution in [0.5, 0.6) is 0 Å². The van der Waals surface area contributed by atoms with E-state index in [9.17, 15) is 0 Å². The molecule has 0 bridgehead atoms. The molecule has 0 aliphatic carbocycles. The molecule has 0 aromatic rings. The van der Waals surface area contributed by atoms with Gasteiger partial charge in [0.1, 0.15) is 0 Å². The Hall–Kier alpha value is -0.780. The van der Waals surface area contributed by atoms with Crippen LogP contribution >= 0.6 is 0 Å². The standard InChI is InChI=1S/C13H22/c1-5-9-12(8-4)13(10-6-2)11-7-3/h5,8-9,13H,1,4,6-7,10-11H2,2-3H3/b12-9+. The Morgan fingerprint density at radius 1 is 1.15 bits per heavy atom. The van der Waals surface area contributed by atoms with Gasteiger partial charge in [-0.1, -0.05) is 58.1 Å². The monoisotopic (exact) mass is 178 g/mol. The van der Waals surface area contributed by atoms with Gasteiger partial charge < -0.3 is 0 Å². The molecule has 0 aliphatic heterocycles. The van der Waals surface area contributed by atoms with Gasteiger partial charge in [0.25, 0.3) is 0 Å². The van der Waals surface area contributed by atoms with Crippen LogP contribution in [-0.2, 0) is 0 Å². The number of hydrogen-bond acceptors (Lipinski definition) is 0. The minimum Gasteiger partial charge on any atom is -0.0991 e. The van der Waals surface area contributed by atoms with Gasteiger partial charge >= 0.3 is 0 Å². The van der Waals surface area contributed by atoms with E-state index in [2.05, 4.69) is 33.1 Å². The maximum absolute atomic E-state index is 3.85. The fourth-order valence-corrected chi connectivity index (χ4v) is 1.68. The summed E-state index contributed by atoms with van der Waals surface area (Å²) in [7, 11) is 0. The molecule has 0 atom stereocenters. The Bertz CT molecular complexity index is 168. The van der Waals surface area contributed by atoms with Crippen molar-refractivity contribution in [3.8, 4) is 0 Å². The van der Waals surface area contributed by atoms with Crippen molar-refractivity contribution in [1.29, 1.82) is 0 Å². The predicted molar refractivity (Wildman–Crippen MR) is 61.8 cm³/mol. The molecule has 0 amide bonds. The van der Waals surface area contributed by atoms with Crippen LogP contribution < -0.4 is 0 Å². The maximum Gasteiger partial charge on any atom is -0.0162 e. The summed E-state index contributed by atoms with van der Waals surface area (Å²) in [6.45, 7) is 12.0. The second kappa shape index (κ2) is 7.85. The molecule has 0 heterocycles. The van der Waals surface area contributed by atoms with E-state index in [0.29, 0.717) is 5.92 Å². The van der Waals surface area contributed by atoms with E-state index in [1.165, 1.54) is 31.3 Å². The lowest BCUT2D eigenvalue weighted by molar-refractivity contribution is 0.513. The van der Waals surface area contributed by atoms with E-state index in [0.717, 1.165) is 0 Å². The van der Waals surface area contributed by atoms with E-state index < -0.39 is 0 Å². The third-order valence-electron chi connectivity index (χ3n) is 2.29. The molecule has 0 heteroatoms. The van der Waals surface area contributed by atoms with Gasteiger partial charge in [0.15, 0.2) is 0 Å². The van der Waals surface area contributed by atoms with Crippen LogP contribution in [0.15, 0.2) is 37.0 Å². The number of hydrogen-bond donors (Lipinski definition) is 0. The van der Waals surface area contributed by atoms with Gasteiger partial charge in [-0.05, 0) is 24.3 Å². The molecule has 0 spiro atoms. The smallest absolute Gasteiger partial charge is 0.0162 e. The summed E-state index contributed by atoms with van der Waals surface area (Å²) in [4.78, 5) is 0. The van der Waals surface area contributed by atoms with Gasteiger partial charge in [0.2, 0.25) is 0 Å². The van der Waals surface area contributed by atoms with E-state index in [-0.39, 0.29) is 0 Å². The predicted octanol–water partition coefficient (Wildman–Crippen LogP) is 4.50. The first-order valence-electron chi connectivity index (χ1n) is 5.25. The van der Waals surface area contributed by atoms with Crippen LogP contribution in [0.25, 0.3) is 0 Å². The molecule has 0 nitrogen and oxygen atoms in total. The summed E-state index contributed by atoms with van der Waals surface area (Å²) in [5.74, 6) is 0.686. The van der Waals surface area contributed by atoms with Crippen LogP contribution in [0.3, 0.4) is 0 Å². The lowest BCUT2D eigenvalue weighted by Gasteiger charge is -2.16. The second-order valence-corrected chi connectivity index (χ2v) is 3.38. The van der Waals surface area contributed by atoms with Crippen molar-refractivity contribution in [2.45, 2.75) is 39.5 Å². The van der Waals surface area contributed by atoms with Crippen LogP contribution in [0.2, 0.25) is 0 Å². The Kier molecular flexibility index (Phi) is 7.38. The summed E-state index contributed by atoms with van der Waals surface area (Å²) in [5.41, 5.74) is 1.35. The summed E-state index contributed by atoms with van der Waals surface area (Å²) in [6.07, 6.45) is 10.9. The van der Waals surface area contributed by atoms with Crippen LogP contribution in [-0.4, -0.2) is 0 Å². The molecule has 0 saturated carbocycles. The number of allylic oxidation sites excluding steroid dienone is 4. The Balaban J connectivity index is 4.37. The third kappa shape index (κ3) is 4.72. The van der Waals surface area contributed by atoms with Crippen molar-refractivity contribution in [2.75, 3.05) is 0 Å². The zero-order valence-corrected chi connectivity index (χ0v) is 9.05. The maximum atomic E-state index is 3.85. The van der Waals surface area contributed by atoms with Crippen molar-refractivity contribution in [2.24, 2.45) is 5.92 Å². The van der Waals surface area contributed by atoms with E-state index in [4.69, 9.17) is 0 Å². The Labute approximate surface area is 83.0 Å². The van der Waals surface area contributed by atoms with Gasteiger partial charge in [-0.15, -0.1) is 0 Å². The number of rotatable bonds is 7. The fraction of sp³-hybridized carbons (Fsp3) is 0.538. The highest BCUT2D eigenvalue weighted by Gasteiger charge is 2.08. The molecule has 0 aromatic carbocycles.